The Hall–Kier alpha value is -4.33. The number of carbonyl (C=O) groups is 3. The van der Waals surface area contributed by atoms with E-state index in [0.29, 0.717) is 21.8 Å². The number of nitrogens with one attached hydrogen (secondary N) is 2. The standard InChI is InChI=1S/C26H21F2N3O3/c1-14-4-5-17(12-15(14)2)23-24(30-20-9-7-19(8-10-20)29-16(3)32)26(34)31(25(23)33)22-13-18(27)6-11-21(22)28/h4-13,30H,1-3H3,(H,29,32). The summed E-state index contributed by atoms with van der Waals surface area (Å²) >= 11 is 0. The molecule has 0 atom stereocenters. The monoisotopic (exact) mass is 461 g/mol. The average molecular weight is 461 g/mol. The van der Waals surface area contributed by atoms with E-state index in [2.05, 4.69) is 10.6 Å². The summed E-state index contributed by atoms with van der Waals surface area (Å²) in [7, 11) is 0. The Kier molecular flexibility index (Phi) is 5.98. The predicted molar refractivity (Wildman–Crippen MR) is 126 cm³/mol. The molecule has 0 radical (unpaired) electrons. The third kappa shape index (κ3) is 4.30. The summed E-state index contributed by atoms with van der Waals surface area (Å²) in [6.07, 6.45) is 0. The molecule has 0 aliphatic carbocycles. The highest BCUT2D eigenvalue weighted by Gasteiger charge is 2.41. The lowest BCUT2D eigenvalue weighted by atomic mass is 9.99. The first kappa shape index (κ1) is 22.8. The lowest BCUT2D eigenvalue weighted by Crippen LogP contribution is -2.33. The molecular formula is C26H21F2N3O3. The third-order valence-electron chi connectivity index (χ3n) is 5.50. The van der Waals surface area contributed by atoms with E-state index < -0.39 is 29.1 Å². The molecule has 1 aliphatic rings. The smallest absolute Gasteiger partial charge is 0.282 e. The van der Waals surface area contributed by atoms with E-state index in [9.17, 15) is 23.2 Å². The summed E-state index contributed by atoms with van der Waals surface area (Å²) in [6.45, 7) is 5.17. The quantitative estimate of drug-likeness (QED) is 0.528. The van der Waals surface area contributed by atoms with Crippen LogP contribution in [-0.2, 0) is 14.4 Å². The Balaban J connectivity index is 1.80. The zero-order valence-electron chi connectivity index (χ0n) is 18.7. The van der Waals surface area contributed by atoms with Crippen LogP contribution in [0.4, 0.5) is 25.8 Å². The third-order valence-corrected chi connectivity index (χ3v) is 5.50. The van der Waals surface area contributed by atoms with Crippen LogP contribution in [0.5, 0.6) is 0 Å². The SMILES string of the molecule is CC(=O)Nc1ccc(NC2=C(c3ccc(C)c(C)c3)C(=O)N(c3cc(F)ccc3F)C2=O)cc1. The molecule has 3 aromatic rings. The van der Waals surface area contributed by atoms with Crippen LogP contribution in [0.3, 0.4) is 0 Å². The van der Waals surface area contributed by atoms with Gasteiger partial charge >= 0.3 is 0 Å². The Morgan fingerprint density at radius 2 is 1.50 bits per heavy atom. The van der Waals surface area contributed by atoms with Gasteiger partial charge in [0.25, 0.3) is 11.8 Å². The van der Waals surface area contributed by atoms with Crippen molar-refractivity contribution >= 4 is 40.4 Å². The van der Waals surface area contributed by atoms with Crippen molar-refractivity contribution < 1.29 is 23.2 Å². The van der Waals surface area contributed by atoms with Gasteiger partial charge in [-0.05, 0) is 66.9 Å². The van der Waals surface area contributed by atoms with Gasteiger partial charge in [0.05, 0.1) is 11.3 Å². The van der Waals surface area contributed by atoms with Crippen LogP contribution in [0.1, 0.15) is 23.6 Å². The van der Waals surface area contributed by atoms with Gasteiger partial charge in [-0.25, -0.2) is 13.7 Å². The van der Waals surface area contributed by atoms with Crippen LogP contribution in [0, 0.1) is 25.5 Å². The first-order chi connectivity index (χ1) is 16.2. The Labute approximate surface area is 194 Å². The van der Waals surface area contributed by atoms with Crippen molar-refractivity contribution in [2.75, 3.05) is 15.5 Å². The molecule has 1 heterocycles. The van der Waals surface area contributed by atoms with Crippen molar-refractivity contribution in [3.05, 3.63) is 94.7 Å². The molecule has 8 heteroatoms. The van der Waals surface area contributed by atoms with Gasteiger partial charge in [0.15, 0.2) is 0 Å². The van der Waals surface area contributed by atoms with Gasteiger partial charge in [-0.3, -0.25) is 14.4 Å². The highest BCUT2D eigenvalue weighted by molar-refractivity contribution is 6.46. The fraction of sp³-hybridized carbons (Fsp3) is 0.115. The number of hydrogen-bond acceptors (Lipinski definition) is 4. The van der Waals surface area contributed by atoms with Crippen molar-refractivity contribution in [3.8, 4) is 0 Å². The maximum Gasteiger partial charge on any atom is 0.282 e. The molecule has 0 bridgehead atoms. The van der Waals surface area contributed by atoms with Gasteiger partial charge in [0, 0.05) is 24.4 Å². The zero-order valence-corrected chi connectivity index (χ0v) is 18.7. The van der Waals surface area contributed by atoms with Crippen LogP contribution in [0.25, 0.3) is 5.57 Å². The van der Waals surface area contributed by atoms with Crippen molar-refractivity contribution in [2.24, 2.45) is 0 Å². The summed E-state index contributed by atoms with van der Waals surface area (Å²) < 4.78 is 28.4. The number of benzene rings is 3. The average Bonchev–Trinajstić information content (AvgIpc) is 3.02. The van der Waals surface area contributed by atoms with E-state index in [4.69, 9.17) is 0 Å². The molecule has 0 fully saturated rings. The lowest BCUT2D eigenvalue weighted by Gasteiger charge is -2.16. The molecule has 6 nitrogen and oxygen atoms in total. The zero-order chi connectivity index (χ0) is 24.6. The Morgan fingerprint density at radius 3 is 2.15 bits per heavy atom. The van der Waals surface area contributed by atoms with Crippen LogP contribution in [-0.4, -0.2) is 17.7 Å². The minimum Gasteiger partial charge on any atom is -0.350 e. The van der Waals surface area contributed by atoms with Gasteiger partial charge in [-0.15, -0.1) is 0 Å². The molecule has 4 rings (SSSR count). The molecule has 0 saturated heterocycles. The van der Waals surface area contributed by atoms with Crippen molar-refractivity contribution in [2.45, 2.75) is 20.8 Å². The topological polar surface area (TPSA) is 78.5 Å². The number of aryl methyl sites for hydroxylation is 2. The first-order valence-corrected chi connectivity index (χ1v) is 10.5. The molecule has 1 aliphatic heterocycles. The highest BCUT2D eigenvalue weighted by Crippen LogP contribution is 2.35. The van der Waals surface area contributed by atoms with Crippen LogP contribution in [0.15, 0.2) is 66.4 Å². The van der Waals surface area contributed by atoms with Crippen molar-refractivity contribution in [3.63, 3.8) is 0 Å². The summed E-state index contributed by atoms with van der Waals surface area (Å²) in [6, 6.07) is 14.4. The van der Waals surface area contributed by atoms with E-state index in [-0.39, 0.29) is 17.2 Å². The fourth-order valence-corrected chi connectivity index (χ4v) is 3.67. The van der Waals surface area contributed by atoms with E-state index in [0.717, 1.165) is 29.3 Å². The van der Waals surface area contributed by atoms with E-state index in [1.54, 1.807) is 36.4 Å². The van der Waals surface area contributed by atoms with Crippen LogP contribution >= 0.6 is 0 Å². The molecule has 0 saturated carbocycles. The predicted octanol–water partition coefficient (Wildman–Crippen LogP) is 4.94. The molecule has 0 unspecified atom stereocenters. The van der Waals surface area contributed by atoms with E-state index >= 15 is 0 Å². The number of anilines is 3. The molecule has 3 aromatic carbocycles. The van der Waals surface area contributed by atoms with E-state index in [1.165, 1.54) is 6.92 Å². The normalized spacial score (nSPS) is 13.5. The van der Waals surface area contributed by atoms with Gasteiger partial charge in [-0.1, -0.05) is 18.2 Å². The molecule has 0 spiro atoms. The first-order valence-electron chi connectivity index (χ1n) is 10.5. The molecular weight excluding hydrogens is 440 g/mol. The number of hydrogen-bond donors (Lipinski definition) is 2. The van der Waals surface area contributed by atoms with Gasteiger partial charge in [0.2, 0.25) is 5.91 Å². The van der Waals surface area contributed by atoms with Crippen LogP contribution < -0.4 is 15.5 Å². The number of rotatable bonds is 5. The molecule has 34 heavy (non-hydrogen) atoms. The number of nitrogens with zero attached hydrogens (tertiary/aromatic N) is 1. The largest absolute Gasteiger partial charge is 0.350 e. The fourth-order valence-electron chi connectivity index (χ4n) is 3.67. The van der Waals surface area contributed by atoms with Crippen LogP contribution in [0.2, 0.25) is 0 Å². The summed E-state index contributed by atoms with van der Waals surface area (Å²) in [4.78, 5) is 38.7. The molecule has 3 amide bonds. The molecule has 172 valence electrons. The molecule has 2 N–H and O–H groups in total. The number of imide groups is 1. The number of halogens is 2. The maximum absolute atomic E-state index is 14.5. The minimum absolute atomic E-state index is 0.0442. The van der Waals surface area contributed by atoms with Crippen molar-refractivity contribution in [1.29, 1.82) is 0 Å². The van der Waals surface area contributed by atoms with Gasteiger partial charge < -0.3 is 10.6 Å². The second-order valence-corrected chi connectivity index (χ2v) is 7.97. The second-order valence-electron chi connectivity index (χ2n) is 7.97. The number of carbonyl (C=O) groups excluding carboxylic acids is 3. The Bertz CT molecular complexity index is 1360. The Morgan fingerprint density at radius 1 is 0.824 bits per heavy atom. The summed E-state index contributed by atoms with van der Waals surface area (Å²) in [5.74, 6) is -3.49. The van der Waals surface area contributed by atoms with E-state index in [1.807, 2.05) is 19.9 Å². The highest BCUT2D eigenvalue weighted by atomic mass is 19.1. The minimum atomic E-state index is -0.900. The molecule has 0 aromatic heterocycles. The van der Waals surface area contributed by atoms with Gasteiger partial charge in [0.1, 0.15) is 17.3 Å². The summed E-state index contributed by atoms with van der Waals surface area (Å²) in [5.41, 5.74) is 2.91. The summed E-state index contributed by atoms with van der Waals surface area (Å²) in [5, 5.41) is 5.60. The van der Waals surface area contributed by atoms with Crippen molar-refractivity contribution in [1.82, 2.24) is 0 Å². The lowest BCUT2D eigenvalue weighted by molar-refractivity contribution is -0.120. The maximum atomic E-state index is 14.5. The number of amides is 3. The second kappa shape index (κ2) is 8.90. The van der Waals surface area contributed by atoms with Gasteiger partial charge in [-0.2, -0.15) is 0 Å².